The summed E-state index contributed by atoms with van der Waals surface area (Å²) >= 11 is 0. The SMILES string of the molecule is C=CCC#Cc1ccc(CC)cc1.CCCCCCC. The predicted octanol–water partition coefficient (Wildman–Crippen LogP) is 6.15. The lowest BCUT2D eigenvalue weighted by atomic mass is 10.1. The van der Waals surface area contributed by atoms with Gasteiger partial charge in [-0.1, -0.05) is 82.9 Å². The van der Waals surface area contributed by atoms with Crippen molar-refractivity contribution in [3.63, 3.8) is 0 Å². The number of benzene rings is 1. The summed E-state index contributed by atoms with van der Waals surface area (Å²) in [6.07, 6.45) is 10.7. The molecule has 0 heterocycles. The lowest BCUT2D eigenvalue weighted by Crippen LogP contribution is -1.79. The molecule has 110 valence electrons. The van der Waals surface area contributed by atoms with Crippen molar-refractivity contribution in [2.24, 2.45) is 0 Å². The van der Waals surface area contributed by atoms with Crippen LogP contribution in [0.2, 0.25) is 0 Å². The second-order valence-corrected chi connectivity index (χ2v) is 4.91. The summed E-state index contributed by atoms with van der Waals surface area (Å²) in [5.74, 6) is 6.10. The van der Waals surface area contributed by atoms with E-state index in [1.807, 2.05) is 6.08 Å². The van der Waals surface area contributed by atoms with E-state index in [9.17, 15) is 0 Å². The van der Waals surface area contributed by atoms with Crippen LogP contribution in [-0.4, -0.2) is 0 Å². The van der Waals surface area contributed by atoms with Gasteiger partial charge in [0.25, 0.3) is 0 Å². The largest absolute Gasteiger partial charge is 0.102 e. The number of unbranched alkanes of at least 4 members (excludes halogenated alkanes) is 4. The van der Waals surface area contributed by atoms with E-state index in [0.717, 1.165) is 18.4 Å². The summed E-state index contributed by atoms with van der Waals surface area (Å²) < 4.78 is 0. The molecule has 1 rings (SSSR count). The van der Waals surface area contributed by atoms with E-state index in [4.69, 9.17) is 0 Å². The molecular formula is C20H30. The maximum absolute atomic E-state index is 3.62. The van der Waals surface area contributed by atoms with Gasteiger partial charge in [0.05, 0.1) is 0 Å². The van der Waals surface area contributed by atoms with E-state index in [1.165, 1.54) is 37.7 Å². The molecule has 0 spiro atoms. The zero-order valence-electron chi connectivity index (χ0n) is 13.5. The highest BCUT2D eigenvalue weighted by Crippen LogP contribution is 2.03. The molecule has 0 unspecified atom stereocenters. The molecule has 0 radical (unpaired) electrons. The summed E-state index contributed by atoms with van der Waals surface area (Å²) in [5, 5.41) is 0. The van der Waals surface area contributed by atoms with Crippen LogP contribution >= 0.6 is 0 Å². The third-order valence-electron chi connectivity index (χ3n) is 3.05. The zero-order chi connectivity index (χ0) is 15.1. The standard InChI is InChI=1S/C13H14.C7H16/c1-3-5-6-7-13-10-8-12(4-2)9-11-13;1-3-5-7-6-4-2/h3,8-11H,1,4-5H2,2H3;3-7H2,1-2H3. The van der Waals surface area contributed by atoms with Gasteiger partial charge in [0.2, 0.25) is 0 Å². The Morgan fingerprint density at radius 1 is 0.950 bits per heavy atom. The average Bonchev–Trinajstić information content (AvgIpc) is 2.49. The molecule has 0 aliphatic carbocycles. The molecule has 0 nitrogen and oxygen atoms in total. The van der Waals surface area contributed by atoms with Gasteiger partial charge in [-0.2, -0.15) is 0 Å². The van der Waals surface area contributed by atoms with E-state index in [-0.39, 0.29) is 0 Å². The van der Waals surface area contributed by atoms with Gasteiger partial charge in [0, 0.05) is 12.0 Å². The number of aryl methyl sites for hydroxylation is 1. The summed E-state index contributed by atoms with van der Waals surface area (Å²) in [7, 11) is 0. The maximum Gasteiger partial charge on any atom is 0.0270 e. The summed E-state index contributed by atoms with van der Waals surface area (Å²) in [5.41, 5.74) is 2.44. The minimum Gasteiger partial charge on any atom is -0.102 e. The second-order valence-electron chi connectivity index (χ2n) is 4.91. The van der Waals surface area contributed by atoms with Crippen molar-refractivity contribution >= 4 is 0 Å². The molecule has 0 fully saturated rings. The highest BCUT2D eigenvalue weighted by molar-refractivity contribution is 5.36. The first-order valence-corrected chi connectivity index (χ1v) is 7.97. The molecule has 20 heavy (non-hydrogen) atoms. The van der Waals surface area contributed by atoms with Crippen molar-refractivity contribution in [2.45, 2.75) is 65.7 Å². The summed E-state index contributed by atoms with van der Waals surface area (Å²) in [6, 6.07) is 8.37. The molecule has 0 saturated heterocycles. The van der Waals surface area contributed by atoms with Gasteiger partial charge in [-0.15, -0.1) is 6.58 Å². The minimum absolute atomic E-state index is 0.759. The van der Waals surface area contributed by atoms with Gasteiger partial charge in [-0.3, -0.25) is 0 Å². The Hall–Kier alpha value is -1.48. The van der Waals surface area contributed by atoms with Crippen LogP contribution in [-0.2, 0) is 6.42 Å². The number of allylic oxidation sites excluding steroid dienone is 1. The van der Waals surface area contributed by atoms with Crippen LogP contribution in [0.25, 0.3) is 0 Å². The third kappa shape index (κ3) is 10.4. The molecule has 0 atom stereocenters. The van der Waals surface area contributed by atoms with E-state index in [0.29, 0.717) is 0 Å². The number of rotatable bonds is 6. The Labute approximate surface area is 126 Å². The van der Waals surface area contributed by atoms with Crippen molar-refractivity contribution in [1.82, 2.24) is 0 Å². The van der Waals surface area contributed by atoms with E-state index < -0.39 is 0 Å². The fourth-order valence-corrected chi connectivity index (χ4v) is 1.73. The normalized spacial score (nSPS) is 8.95. The maximum atomic E-state index is 3.62. The molecule has 1 aromatic carbocycles. The van der Waals surface area contributed by atoms with Crippen LogP contribution in [0.4, 0.5) is 0 Å². The van der Waals surface area contributed by atoms with E-state index >= 15 is 0 Å². The van der Waals surface area contributed by atoms with Gasteiger partial charge in [-0.25, -0.2) is 0 Å². The predicted molar refractivity (Wildman–Crippen MR) is 91.9 cm³/mol. The second kappa shape index (κ2) is 13.9. The summed E-state index contributed by atoms with van der Waals surface area (Å²) in [6.45, 7) is 10.3. The minimum atomic E-state index is 0.759. The van der Waals surface area contributed by atoms with Crippen molar-refractivity contribution in [3.05, 3.63) is 48.0 Å². The third-order valence-corrected chi connectivity index (χ3v) is 3.05. The van der Waals surface area contributed by atoms with Crippen molar-refractivity contribution in [3.8, 4) is 11.8 Å². The zero-order valence-corrected chi connectivity index (χ0v) is 13.5. The topological polar surface area (TPSA) is 0 Å². The fraction of sp³-hybridized carbons (Fsp3) is 0.500. The Bertz CT molecular complexity index is 382. The molecule has 0 amide bonds. The van der Waals surface area contributed by atoms with Gasteiger partial charge in [0.1, 0.15) is 0 Å². The highest BCUT2D eigenvalue weighted by atomic mass is 13.9. The first kappa shape index (κ1) is 18.5. The molecule has 1 aromatic rings. The first-order chi connectivity index (χ1) is 9.78. The lowest BCUT2D eigenvalue weighted by molar-refractivity contribution is 0.656. The molecule has 0 aliphatic heterocycles. The molecule has 0 aliphatic rings. The monoisotopic (exact) mass is 270 g/mol. The van der Waals surface area contributed by atoms with Gasteiger partial charge >= 0.3 is 0 Å². The van der Waals surface area contributed by atoms with E-state index in [2.05, 4.69) is 63.5 Å². The van der Waals surface area contributed by atoms with Crippen molar-refractivity contribution in [2.75, 3.05) is 0 Å². The molecule has 0 bridgehead atoms. The Morgan fingerprint density at radius 2 is 1.55 bits per heavy atom. The summed E-state index contributed by atoms with van der Waals surface area (Å²) in [4.78, 5) is 0. The quantitative estimate of drug-likeness (QED) is 0.330. The van der Waals surface area contributed by atoms with Crippen molar-refractivity contribution in [1.29, 1.82) is 0 Å². The highest BCUT2D eigenvalue weighted by Gasteiger charge is 1.87. The smallest absolute Gasteiger partial charge is 0.0270 e. The first-order valence-electron chi connectivity index (χ1n) is 7.97. The van der Waals surface area contributed by atoms with Gasteiger partial charge in [0.15, 0.2) is 0 Å². The van der Waals surface area contributed by atoms with Crippen LogP contribution in [0, 0.1) is 11.8 Å². The van der Waals surface area contributed by atoms with Crippen molar-refractivity contribution < 1.29 is 0 Å². The molecule has 0 aromatic heterocycles. The van der Waals surface area contributed by atoms with Crippen LogP contribution in [0.3, 0.4) is 0 Å². The molecular weight excluding hydrogens is 240 g/mol. The Kier molecular flexibility index (Phi) is 12.9. The number of hydrogen-bond acceptors (Lipinski definition) is 0. The lowest BCUT2D eigenvalue weighted by Gasteiger charge is -1.94. The molecule has 0 N–H and O–H groups in total. The van der Waals surface area contributed by atoms with Crippen LogP contribution in [0.1, 0.15) is 70.4 Å². The van der Waals surface area contributed by atoms with Gasteiger partial charge in [-0.05, 0) is 24.1 Å². The van der Waals surface area contributed by atoms with Gasteiger partial charge < -0.3 is 0 Å². The Morgan fingerprint density at radius 3 is 2.00 bits per heavy atom. The molecule has 0 saturated carbocycles. The average molecular weight is 270 g/mol. The van der Waals surface area contributed by atoms with E-state index in [1.54, 1.807) is 0 Å². The van der Waals surface area contributed by atoms with Crippen LogP contribution < -0.4 is 0 Å². The number of hydrogen-bond donors (Lipinski definition) is 0. The van der Waals surface area contributed by atoms with Crippen LogP contribution in [0.15, 0.2) is 36.9 Å². The fourth-order valence-electron chi connectivity index (χ4n) is 1.73. The molecule has 0 heteroatoms. The van der Waals surface area contributed by atoms with Crippen LogP contribution in [0.5, 0.6) is 0 Å². The Balaban J connectivity index is 0.000000441.